The molecular formula is C17H11Cl2N5O5. The fourth-order valence-electron chi connectivity index (χ4n) is 2.67. The first-order valence-corrected chi connectivity index (χ1v) is 8.62. The molecule has 12 heteroatoms. The topological polar surface area (TPSA) is 161 Å². The van der Waals surface area contributed by atoms with Crippen LogP contribution in [0.25, 0.3) is 5.69 Å². The molecule has 0 spiro atoms. The number of aromatic amines is 1. The van der Waals surface area contributed by atoms with Crippen molar-refractivity contribution in [2.24, 2.45) is 5.73 Å². The van der Waals surface area contributed by atoms with Gasteiger partial charge in [0.2, 0.25) is 11.6 Å². The van der Waals surface area contributed by atoms with Gasteiger partial charge in [0, 0.05) is 21.8 Å². The third-order valence-corrected chi connectivity index (χ3v) is 4.52. The molecule has 2 heterocycles. The van der Waals surface area contributed by atoms with Gasteiger partial charge in [0.05, 0.1) is 11.4 Å². The van der Waals surface area contributed by atoms with E-state index in [1.54, 1.807) is 18.2 Å². The Bertz CT molecular complexity index is 1220. The van der Waals surface area contributed by atoms with Crippen molar-refractivity contribution in [2.75, 3.05) is 0 Å². The number of aromatic carboxylic acids is 1. The maximum absolute atomic E-state index is 12.1. The van der Waals surface area contributed by atoms with Crippen molar-refractivity contribution in [3.05, 3.63) is 84.4 Å². The molecule has 29 heavy (non-hydrogen) atoms. The Morgan fingerprint density at radius 2 is 1.83 bits per heavy atom. The zero-order valence-corrected chi connectivity index (χ0v) is 15.8. The van der Waals surface area contributed by atoms with E-state index in [9.17, 15) is 19.2 Å². The lowest BCUT2D eigenvalue weighted by molar-refractivity contribution is -0.118. The molecule has 3 rings (SSSR count). The Balaban J connectivity index is 2.20. The van der Waals surface area contributed by atoms with Crippen LogP contribution in [0.15, 0.2) is 46.1 Å². The molecule has 1 unspecified atom stereocenters. The summed E-state index contributed by atoms with van der Waals surface area (Å²) in [6.45, 7) is 0. The van der Waals surface area contributed by atoms with E-state index in [4.69, 9.17) is 34.0 Å². The van der Waals surface area contributed by atoms with Crippen molar-refractivity contribution in [1.29, 1.82) is 0 Å². The van der Waals surface area contributed by atoms with Gasteiger partial charge in [-0.25, -0.2) is 9.59 Å². The number of hydrogen-bond acceptors (Lipinski definition) is 6. The molecule has 0 saturated carbocycles. The maximum atomic E-state index is 12.1. The monoisotopic (exact) mass is 435 g/mol. The van der Waals surface area contributed by atoms with Crippen molar-refractivity contribution in [2.45, 2.75) is 5.92 Å². The van der Waals surface area contributed by atoms with Gasteiger partial charge in [0.15, 0.2) is 0 Å². The number of carbonyl (C=O) groups is 2. The summed E-state index contributed by atoms with van der Waals surface area (Å²) in [5.74, 6) is -3.45. The average Bonchev–Trinajstić information content (AvgIpc) is 2.64. The largest absolute Gasteiger partial charge is 0.476 e. The van der Waals surface area contributed by atoms with Gasteiger partial charge in [-0.1, -0.05) is 29.3 Å². The third kappa shape index (κ3) is 3.89. The fraction of sp³-hybridized carbons (Fsp3) is 0.0588. The number of carbonyl (C=O) groups excluding carboxylic acids is 1. The SMILES string of the molecule is NC(=O)C(c1ccccn1)c1c(Cl)cc(-n2nc(C(=O)O)c(=O)[nH]c2=O)cc1Cl. The highest BCUT2D eigenvalue weighted by Crippen LogP contribution is 2.36. The third-order valence-electron chi connectivity index (χ3n) is 3.90. The molecule has 3 aromatic rings. The first-order valence-electron chi connectivity index (χ1n) is 7.87. The smallest absolute Gasteiger partial charge is 0.362 e. The molecule has 0 aliphatic heterocycles. The van der Waals surface area contributed by atoms with Crippen LogP contribution in [0.5, 0.6) is 0 Å². The molecule has 0 fully saturated rings. The molecule has 0 bridgehead atoms. The van der Waals surface area contributed by atoms with Crippen molar-refractivity contribution < 1.29 is 14.7 Å². The number of hydrogen-bond donors (Lipinski definition) is 3. The molecule has 10 nitrogen and oxygen atoms in total. The number of pyridine rings is 1. The molecular weight excluding hydrogens is 425 g/mol. The normalized spacial score (nSPS) is 11.8. The van der Waals surface area contributed by atoms with Crippen molar-refractivity contribution in [1.82, 2.24) is 19.7 Å². The van der Waals surface area contributed by atoms with Gasteiger partial charge < -0.3 is 10.8 Å². The van der Waals surface area contributed by atoms with Crippen LogP contribution in [-0.4, -0.2) is 36.7 Å². The van der Waals surface area contributed by atoms with Crippen molar-refractivity contribution in [3.8, 4) is 5.69 Å². The molecule has 148 valence electrons. The van der Waals surface area contributed by atoms with E-state index in [2.05, 4.69) is 10.1 Å². The van der Waals surface area contributed by atoms with Gasteiger partial charge in [-0.3, -0.25) is 19.6 Å². The highest BCUT2D eigenvalue weighted by molar-refractivity contribution is 6.37. The summed E-state index contributed by atoms with van der Waals surface area (Å²) >= 11 is 12.6. The lowest BCUT2D eigenvalue weighted by atomic mass is 9.94. The first kappa shape index (κ1) is 20.2. The lowest BCUT2D eigenvalue weighted by Crippen LogP contribution is -2.35. The second kappa shape index (κ2) is 7.86. The standard InChI is InChI=1S/C17H11Cl2N5O5/c18-8-5-7(24-17(29)22-15(26)13(23-24)16(27)28)6-9(19)11(8)12(14(20)25)10-3-1-2-4-21-10/h1-6,12H,(H2,20,25)(H,27,28)(H,22,26,29). The van der Waals surface area contributed by atoms with Gasteiger partial charge in [0.1, 0.15) is 5.92 Å². The van der Waals surface area contributed by atoms with Crippen molar-refractivity contribution in [3.63, 3.8) is 0 Å². The number of rotatable bonds is 5. The number of carboxylic acid groups (broad SMARTS) is 1. The average molecular weight is 436 g/mol. The molecule has 0 aliphatic carbocycles. The number of amides is 1. The Morgan fingerprint density at radius 1 is 1.17 bits per heavy atom. The van der Waals surface area contributed by atoms with Crippen LogP contribution in [0, 0.1) is 0 Å². The molecule has 1 aromatic carbocycles. The van der Waals surface area contributed by atoms with Gasteiger partial charge in [-0.2, -0.15) is 9.78 Å². The molecule has 2 aromatic heterocycles. The second-order valence-electron chi connectivity index (χ2n) is 5.74. The zero-order chi connectivity index (χ0) is 21.3. The minimum atomic E-state index is -1.63. The zero-order valence-electron chi connectivity index (χ0n) is 14.3. The van der Waals surface area contributed by atoms with Gasteiger partial charge >= 0.3 is 11.7 Å². The summed E-state index contributed by atoms with van der Waals surface area (Å²) in [6.07, 6.45) is 1.47. The van der Waals surface area contributed by atoms with Gasteiger partial charge in [0.25, 0.3) is 5.56 Å². The number of aromatic nitrogens is 4. The number of benzene rings is 1. The highest BCUT2D eigenvalue weighted by atomic mass is 35.5. The summed E-state index contributed by atoms with van der Waals surface area (Å²) in [6, 6.07) is 7.36. The molecule has 0 saturated heterocycles. The summed E-state index contributed by atoms with van der Waals surface area (Å²) in [5.41, 5.74) is 2.89. The maximum Gasteiger partial charge on any atom is 0.362 e. The van der Waals surface area contributed by atoms with E-state index in [1.165, 1.54) is 18.3 Å². The minimum absolute atomic E-state index is 0.0308. The van der Waals surface area contributed by atoms with Crippen LogP contribution < -0.4 is 17.0 Å². The number of primary amides is 1. The van der Waals surface area contributed by atoms with E-state index in [0.29, 0.717) is 10.4 Å². The molecule has 0 aliphatic rings. The number of halogens is 2. The Labute approximate surface area is 171 Å². The van der Waals surface area contributed by atoms with E-state index in [-0.39, 0.29) is 21.3 Å². The van der Waals surface area contributed by atoms with Crippen LogP contribution >= 0.6 is 23.2 Å². The first-order chi connectivity index (χ1) is 13.7. The highest BCUT2D eigenvalue weighted by Gasteiger charge is 2.27. The van der Waals surface area contributed by atoms with Gasteiger partial charge in [-0.15, -0.1) is 0 Å². The summed E-state index contributed by atoms with van der Waals surface area (Å²) < 4.78 is 0.617. The van der Waals surface area contributed by atoms with Crippen LogP contribution in [0.2, 0.25) is 10.0 Å². The number of carboxylic acids is 1. The Hall–Kier alpha value is -3.50. The fourth-order valence-corrected chi connectivity index (χ4v) is 3.36. The number of nitrogens with zero attached hydrogens (tertiary/aromatic N) is 3. The predicted octanol–water partition coefficient (Wildman–Crippen LogP) is 0.938. The molecule has 1 amide bonds. The van der Waals surface area contributed by atoms with E-state index in [1.807, 2.05) is 4.98 Å². The molecule has 4 N–H and O–H groups in total. The second-order valence-corrected chi connectivity index (χ2v) is 6.55. The lowest BCUT2D eigenvalue weighted by Gasteiger charge is -2.18. The summed E-state index contributed by atoms with van der Waals surface area (Å²) in [7, 11) is 0. The van der Waals surface area contributed by atoms with Crippen LogP contribution in [0.3, 0.4) is 0 Å². The molecule has 1 atom stereocenters. The quantitative estimate of drug-likeness (QED) is 0.536. The summed E-state index contributed by atoms with van der Waals surface area (Å²) in [5, 5.41) is 12.5. The number of H-pyrrole nitrogens is 1. The predicted molar refractivity (Wildman–Crippen MR) is 103 cm³/mol. The Morgan fingerprint density at radius 3 is 2.34 bits per heavy atom. The number of nitrogens with two attached hydrogens (primary N) is 1. The Kier molecular flexibility index (Phi) is 5.48. The minimum Gasteiger partial charge on any atom is -0.476 e. The van der Waals surface area contributed by atoms with Crippen LogP contribution in [-0.2, 0) is 4.79 Å². The van der Waals surface area contributed by atoms with Crippen LogP contribution in [0.4, 0.5) is 0 Å². The molecule has 0 radical (unpaired) electrons. The van der Waals surface area contributed by atoms with E-state index >= 15 is 0 Å². The van der Waals surface area contributed by atoms with Crippen LogP contribution in [0.1, 0.15) is 27.7 Å². The number of nitrogens with one attached hydrogen (secondary N) is 1. The van der Waals surface area contributed by atoms with Gasteiger partial charge in [-0.05, 0) is 24.3 Å². The van der Waals surface area contributed by atoms with E-state index < -0.39 is 34.7 Å². The van der Waals surface area contributed by atoms with Crippen molar-refractivity contribution >= 4 is 35.1 Å². The summed E-state index contributed by atoms with van der Waals surface area (Å²) in [4.78, 5) is 52.7. The van der Waals surface area contributed by atoms with E-state index in [0.717, 1.165) is 0 Å².